The molecule has 0 bridgehead atoms. The van der Waals surface area contributed by atoms with E-state index in [0.29, 0.717) is 5.69 Å². The molecule has 8 heteroatoms. The molecule has 0 fully saturated rings. The van der Waals surface area contributed by atoms with Crippen LogP contribution in [-0.4, -0.2) is 26.0 Å². The summed E-state index contributed by atoms with van der Waals surface area (Å²) < 4.78 is 26.6. The van der Waals surface area contributed by atoms with Crippen molar-refractivity contribution in [3.8, 4) is 0 Å². The van der Waals surface area contributed by atoms with Crippen LogP contribution in [0.25, 0.3) is 0 Å². The average Bonchev–Trinajstić information content (AvgIpc) is 2.55. The molecule has 0 atom stereocenters. The molecule has 0 heterocycles. The van der Waals surface area contributed by atoms with Crippen LogP contribution in [-0.2, 0) is 14.8 Å². The van der Waals surface area contributed by atoms with Crippen molar-refractivity contribution in [1.29, 1.82) is 0 Å². The number of hydrogen-bond acceptors (Lipinski definition) is 5. The summed E-state index contributed by atoms with van der Waals surface area (Å²) >= 11 is 0. The maximum atomic E-state index is 12.8. The summed E-state index contributed by atoms with van der Waals surface area (Å²) in [7, 11) is -3.95. The molecule has 0 aliphatic rings. The summed E-state index contributed by atoms with van der Waals surface area (Å²) in [4.78, 5) is 21.2. The van der Waals surface area contributed by atoms with E-state index in [1.807, 2.05) is 0 Å². The Labute approximate surface area is 133 Å². The third kappa shape index (κ3) is 3.92. The van der Waals surface area contributed by atoms with E-state index in [0.717, 1.165) is 4.31 Å². The Morgan fingerprint density at radius 3 is 2.17 bits per heavy atom. The Morgan fingerprint density at radius 1 is 1.04 bits per heavy atom. The van der Waals surface area contributed by atoms with E-state index in [1.54, 1.807) is 30.3 Å². The SMILES string of the molecule is O=Nc1ccc(S(=O)(=O)N(CCC(=O)O)c2ccccc2)cc1. The second kappa shape index (κ2) is 7.01. The topological polar surface area (TPSA) is 104 Å². The van der Waals surface area contributed by atoms with Gasteiger partial charge >= 0.3 is 5.97 Å². The zero-order valence-corrected chi connectivity index (χ0v) is 12.8. The Morgan fingerprint density at radius 2 is 1.65 bits per heavy atom. The van der Waals surface area contributed by atoms with Gasteiger partial charge in [-0.3, -0.25) is 9.10 Å². The zero-order valence-electron chi connectivity index (χ0n) is 12.0. The van der Waals surface area contributed by atoms with Crippen molar-refractivity contribution in [1.82, 2.24) is 0 Å². The summed E-state index contributed by atoms with van der Waals surface area (Å²) in [6, 6.07) is 13.3. The number of carbonyl (C=O) groups is 1. The van der Waals surface area contributed by atoms with Gasteiger partial charge in [0.05, 0.1) is 17.0 Å². The van der Waals surface area contributed by atoms with Gasteiger partial charge in [0.1, 0.15) is 5.69 Å². The van der Waals surface area contributed by atoms with Crippen molar-refractivity contribution in [2.24, 2.45) is 5.18 Å². The quantitative estimate of drug-likeness (QED) is 0.784. The van der Waals surface area contributed by atoms with Gasteiger partial charge in [0, 0.05) is 6.54 Å². The van der Waals surface area contributed by atoms with Crippen molar-refractivity contribution in [3.05, 3.63) is 59.5 Å². The van der Waals surface area contributed by atoms with Gasteiger partial charge in [0.15, 0.2) is 0 Å². The first-order valence-corrected chi connectivity index (χ1v) is 8.12. The lowest BCUT2D eigenvalue weighted by molar-refractivity contribution is -0.136. The standard InChI is InChI=1S/C15H14N2O5S/c18-15(19)10-11-17(13-4-2-1-3-5-13)23(21,22)14-8-6-12(16-20)7-9-14/h1-9H,10-11H2,(H,18,19). The molecule has 0 saturated heterocycles. The normalized spacial score (nSPS) is 11.0. The van der Waals surface area contributed by atoms with Crippen LogP contribution < -0.4 is 4.31 Å². The number of benzene rings is 2. The molecular formula is C15H14N2O5S. The summed E-state index contributed by atoms with van der Waals surface area (Å²) in [5.41, 5.74) is 0.479. The predicted molar refractivity (Wildman–Crippen MR) is 85.1 cm³/mol. The van der Waals surface area contributed by atoms with E-state index in [1.165, 1.54) is 24.3 Å². The number of rotatable bonds is 7. The first kappa shape index (κ1) is 16.6. The maximum absolute atomic E-state index is 12.8. The fraction of sp³-hybridized carbons (Fsp3) is 0.133. The number of hydrogen-bond donors (Lipinski definition) is 1. The van der Waals surface area contributed by atoms with Crippen molar-refractivity contribution in [3.63, 3.8) is 0 Å². The van der Waals surface area contributed by atoms with Crippen molar-refractivity contribution >= 4 is 27.4 Å². The molecule has 0 saturated carbocycles. The molecule has 23 heavy (non-hydrogen) atoms. The van der Waals surface area contributed by atoms with Crippen LogP contribution in [0.1, 0.15) is 6.42 Å². The summed E-state index contributed by atoms with van der Waals surface area (Å²) in [6.07, 6.45) is -0.331. The highest BCUT2D eigenvalue weighted by Gasteiger charge is 2.25. The van der Waals surface area contributed by atoms with E-state index in [-0.39, 0.29) is 23.5 Å². The third-order valence-corrected chi connectivity index (χ3v) is 4.94. The monoisotopic (exact) mass is 334 g/mol. The van der Waals surface area contributed by atoms with Gasteiger partial charge in [-0.25, -0.2) is 8.42 Å². The largest absolute Gasteiger partial charge is 0.481 e. The molecule has 0 spiro atoms. The minimum absolute atomic E-state index is 0.0425. The molecular weight excluding hydrogens is 320 g/mol. The van der Waals surface area contributed by atoms with Gasteiger partial charge in [-0.2, -0.15) is 0 Å². The summed E-state index contributed by atoms with van der Waals surface area (Å²) in [5, 5.41) is 11.6. The van der Waals surface area contributed by atoms with E-state index < -0.39 is 16.0 Å². The fourth-order valence-electron chi connectivity index (χ4n) is 1.99. The number of para-hydroxylation sites is 1. The van der Waals surface area contributed by atoms with E-state index >= 15 is 0 Å². The maximum Gasteiger partial charge on any atom is 0.305 e. The van der Waals surface area contributed by atoms with Gasteiger partial charge in [-0.1, -0.05) is 18.2 Å². The van der Waals surface area contributed by atoms with Crippen LogP contribution in [0.5, 0.6) is 0 Å². The molecule has 0 aliphatic heterocycles. The first-order valence-electron chi connectivity index (χ1n) is 6.68. The van der Waals surface area contributed by atoms with Gasteiger partial charge < -0.3 is 5.11 Å². The second-order valence-corrected chi connectivity index (χ2v) is 6.50. The molecule has 120 valence electrons. The molecule has 2 aromatic carbocycles. The number of nitroso groups, excluding NO2 is 1. The highest BCUT2D eigenvalue weighted by molar-refractivity contribution is 7.92. The van der Waals surface area contributed by atoms with Crippen molar-refractivity contribution in [2.45, 2.75) is 11.3 Å². The lowest BCUT2D eigenvalue weighted by atomic mass is 10.3. The minimum atomic E-state index is -3.95. The predicted octanol–water partition coefficient (Wildman–Crippen LogP) is 2.75. The molecule has 2 aromatic rings. The zero-order chi connectivity index (χ0) is 16.9. The van der Waals surface area contributed by atoms with Crippen LogP contribution in [0.15, 0.2) is 64.7 Å². The first-order chi connectivity index (χ1) is 10.9. The van der Waals surface area contributed by atoms with E-state index in [9.17, 15) is 18.1 Å². The molecule has 0 unspecified atom stereocenters. The minimum Gasteiger partial charge on any atom is -0.481 e. The van der Waals surface area contributed by atoms with Crippen LogP contribution in [0.3, 0.4) is 0 Å². The number of sulfonamides is 1. The number of carboxylic acids is 1. The molecule has 0 aliphatic carbocycles. The number of anilines is 1. The molecule has 7 nitrogen and oxygen atoms in total. The number of carboxylic acid groups (broad SMARTS) is 1. The van der Waals surface area contributed by atoms with Crippen LogP contribution in [0, 0.1) is 4.91 Å². The fourth-order valence-corrected chi connectivity index (χ4v) is 3.45. The highest BCUT2D eigenvalue weighted by atomic mass is 32.2. The Kier molecular flexibility index (Phi) is 5.07. The van der Waals surface area contributed by atoms with Gasteiger partial charge in [-0.05, 0) is 41.6 Å². The van der Waals surface area contributed by atoms with Crippen LogP contribution in [0.2, 0.25) is 0 Å². The Bertz CT molecular complexity index is 788. The van der Waals surface area contributed by atoms with Gasteiger partial charge in [0.2, 0.25) is 0 Å². The number of nitrogens with zero attached hydrogens (tertiary/aromatic N) is 2. The van der Waals surface area contributed by atoms with E-state index in [2.05, 4.69) is 5.18 Å². The smallest absolute Gasteiger partial charge is 0.305 e. The van der Waals surface area contributed by atoms with Crippen molar-refractivity contribution in [2.75, 3.05) is 10.8 Å². The molecule has 1 N–H and O–H groups in total. The summed E-state index contributed by atoms with van der Waals surface area (Å²) in [5.74, 6) is -1.10. The lowest BCUT2D eigenvalue weighted by Gasteiger charge is -2.23. The average molecular weight is 334 g/mol. The summed E-state index contributed by atoms with van der Waals surface area (Å²) in [6.45, 7) is -0.199. The molecule has 2 rings (SSSR count). The highest BCUT2D eigenvalue weighted by Crippen LogP contribution is 2.25. The Hall–Kier alpha value is -2.74. The van der Waals surface area contributed by atoms with E-state index in [4.69, 9.17) is 5.11 Å². The second-order valence-electron chi connectivity index (χ2n) is 4.64. The molecule has 0 aromatic heterocycles. The molecule has 0 amide bonds. The van der Waals surface area contributed by atoms with Crippen LogP contribution in [0.4, 0.5) is 11.4 Å². The molecule has 0 radical (unpaired) electrons. The van der Waals surface area contributed by atoms with Crippen LogP contribution >= 0.6 is 0 Å². The van der Waals surface area contributed by atoms with Gasteiger partial charge in [-0.15, -0.1) is 4.91 Å². The lowest BCUT2D eigenvalue weighted by Crippen LogP contribution is -2.33. The Balaban J connectivity index is 2.43. The van der Waals surface area contributed by atoms with Gasteiger partial charge in [0.25, 0.3) is 10.0 Å². The number of aliphatic carboxylic acids is 1. The van der Waals surface area contributed by atoms with Crippen molar-refractivity contribution < 1.29 is 18.3 Å². The third-order valence-electron chi connectivity index (χ3n) is 3.10.